The standard InChI is InChI=1S/C26H26N2/c1-18-12-14-19(15-13-18)17-28-24-11-7-5-9-22(24)26(2,3)25(28)21-16-27-23-10-6-4-8-20(21)23/h4-16,25,27H,17H2,1-3H3. The Morgan fingerprint density at radius 3 is 2.43 bits per heavy atom. The SMILES string of the molecule is Cc1ccc(CN2c3ccccc3C(C)(C)C2c2c[nH]c3ccccc23)cc1. The number of hydrogen-bond acceptors (Lipinski definition) is 1. The minimum absolute atomic E-state index is 0.0201. The van der Waals surface area contributed by atoms with Crippen LogP contribution in [0.2, 0.25) is 0 Å². The molecular formula is C26H26N2. The number of H-pyrrole nitrogens is 1. The zero-order chi connectivity index (χ0) is 19.3. The number of fused-ring (bicyclic) bond motifs is 2. The van der Waals surface area contributed by atoms with Gasteiger partial charge >= 0.3 is 0 Å². The van der Waals surface area contributed by atoms with Gasteiger partial charge in [0.2, 0.25) is 0 Å². The van der Waals surface area contributed by atoms with Gasteiger partial charge in [0.25, 0.3) is 0 Å². The Morgan fingerprint density at radius 2 is 1.61 bits per heavy atom. The van der Waals surface area contributed by atoms with Crippen molar-refractivity contribution in [1.82, 2.24) is 4.98 Å². The van der Waals surface area contributed by atoms with Crippen LogP contribution >= 0.6 is 0 Å². The smallest absolute Gasteiger partial charge is 0.0659 e. The van der Waals surface area contributed by atoms with Crippen LogP contribution < -0.4 is 4.90 Å². The van der Waals surface area contributed by atoms with E-state index in [9.17, 15) is 0 Å². The summed E-state index contributed by atoms with van der Waals surface area (Å²) in [6.07, 6.45) is 2.21. The average Bonchev–Trinajstić information content (AvgIpc) is 3.21. The van der Waals surface area contributed by atoms with Crippen LogP contribution in [-0.4, -0.2) is 4.98 Å². The normalized spacial score (nSPS) is 17.8. The average molecular weight is 367 g/mol. The molecule has 1 aliphatic rings. The van der Waals surface area contributed by atoms with Crippen LogP contribution in [0.15, 0.2) is 79.0 Å². The molecule has 28 heavy (non-hydrogen) atoms. The first kappa shape index (κ1) is 17.1. The molecule has 2 heteroatoms. The van der Waals surface area contributed by atoms with Crippen molar-refractivity contribution in [3.05, 3.63) is 101 Å². The van der Waals surface area contributed by atoms with E-state index >= 15 is 0 Å². The first-order valence-corrected chi connectivity index (χ1v) is 10.0. The number of rotatable bonds is 3. The van der Waals surface area contributed by atoms with E-state index < -0.39 is 0 Å². The maximum atomic E-state index is 3.49. The fourth-order valence-corrected chi connectivity index (χ4v) is 4.89. The van der Waals surface area contributed by atoms with E-state index in [4.69, 9.17) is 0 Å². The molecule has 0 saturated carbocycles. The van der Waals surface area contributed by atoms with E-state index in [-0.39, 0.29) is 11.5 Å². The highest BCUT2D eigenvalue weighted by atomic mass is 15.2. The fraction of sp³-hybridized carbons (Fsp3) is 0.231. The van der Waals surface area contributed by atoms with Crippen molar-refractivity contribution in [2.24, 2.45) is 0 Å². The summed E-state index contributed by atoms with van der Waals surface area (Å²) in [6, 6.07) is 26.8. The van der Waals surface area contributed by atoms with E-state index in [2.05, 4.69) is 110 Å². The number of para-hydroxylation sites is 2. The minimum Gasteiger partial charge on any atom is -0.361 e. The highest BCUT2D eigenvalue weighted by Crippen LogP contribution is 2.54. The van der Waals surface area contributed by atoms with Crippen LogP contribution in [0.25, 0.3) is 10.9 Å². The van der Waals surface area contributed by atoms with Crippen molar-refractivity contribution in [2.75, 3.05) is 4.90 Å². The molecule has 0 spiro atoms. The van der Waals surface area contributed by atoms with Gasteiger partial charge in [-0.2, -0.15) is 0 Å². The number of aromatic nitrogens is 1. The van der Waals surface area contributed by atoms with E-state index in [1.807, 2.05) is 0 Å². The van der Waals surface area contributed by atoms with E-state index in [1.54, 1.807) is 0 Å². The van der Waals surface area contributed by atoms with Gasteiger partial charge < -0.3 is 9.88 Å². The zero-order valence-electron chi connectivity index (χ0n) is 16.7. The first-order chi connectivity index (χ1) is 13.6. The molecule has 1 N–H and O–H groups in total. The second-order valence-corrected chi connectivity index (χ2v) is 8.54. The van der Waals surface area contributed by atoms with Crippen LogP contribution in [0.5, 0.6) is 0 Å². The van der Waals surface area contributed by atoms with Crippen molar-refractivity contribution in [1.29, 1.82) is 0 Å². The maximum absolute atomic E-state index is 3.49. The summed E-state index contributed by atoms with van der Waals surface area (Å²) in [5.74, 6) is 0. The Hall–Kier alpha value is -3.00. The monoisotopic (exact) mass is 366 g/mol. The third-order valence-electron chi connectivity index (χ3n) is 6.29. The number of aromatic amines is 1. The highest BCUT2D eigenvalue weighted by molar-refractivity contribution is 5.85. The molecule has 5 rings (SSSR count). The van der Waals surface area contributed by atoms with Crippen LogP contribution in [0.1, 0.15) is 42.1 Å². The number of aryl methyl sites for hydroxylation is 1. The molecule has 1 unspecified atom stereocenters. The molecular weight excluding hydrogens is 340 g/mol. The second-order valence-electron chi connectivity index (χ2n) is 8.54. The molecule has 3 aromatic carbocycles. The Balaban J connectivity index is 1.67. The van der Waals surface area contributed by atoms with Gasteiger partial charge in [-0.25, -0.2) is 0 Å². The number of benzene rings is 3. The molecule has 0 radical (unpaired) electrons. The van der Waals surface area contributed by atoms with Crippen molar-refractivity contribution >= 4 is 16.6 Å². The maximum Gasteiger partial charge on any atom is 0.0659 e. The van der Waals surface area contributed by atoms with E-state index in [0.29, 0.717) is 0 Å². The number of hydrogen-bond donors (Lipinski definition) is 1. The van der Waals surface area contributed by atoms with Crippen LogP contribution in [0.3, 0.4) is 0 Å². The van der Waals surface area contributed by atoms with Crippen LogP contribution in [0, 0.1) is 6.92 Å². The predicted molar refractivity (Wildman–Crippen MR) is 118 cm³/mol. The summed E-state index contributed by atoms with van der Waals surface area (Å²) < 4.78 is 0. The largest absolute Gasteiger partial charge is 0.361 e. The van der Waals surface area contributed by atoms with Crippen LogP contribution in [-0.2, 0) is 12.0 Å². The first-order valence-electron chi connectivity index (χ1n) is 10.0. The van der Waals surface area contributed by atoms with Gasteiger partial charge in [0.1, 0.15) is 0 Å². The lowest BCUT2D eigenvalue weighted by Crippen LogP contribution is -2.33. The van der Waals surface area contributed by atoms with E-state index in [1.165, 1.54) is 38.8 Å². The molecule has 0 fully saturated rings. The van der Waals surface area contributed by atoms with Gasteiger partial charge in [-0.05, 0) is 30.2 Å². The molecule has 0 aliphatic carbocycles. The van der Waals surface area contributed by atoms with Crippen molar-refractivity contribution in [3.63, 3.8) is 0 Å². The lowest BCUT2D eigenvalue weighted by Gasteiger charge is -2.35. The third-order valence-corrected chi connectivity index (χ3v) is 6.29. The molecule has 1 aliphatic heterocycles. The lowest BCUT2D eigenvalue weighted by atomic mass is 9.77. The quantitative estimate of drug-likeness (QED) is 0.437. The molecule has 2 nitrogen and oxygen atoms in total. The Kier molecular flexibility index (Phi) is 3.83. The summed E-state index contributed by atoms with van der Waals surface area (Å²) in [4.78, 5) is 6.09. The fourth-order valence-electron chi connectivity index (χ4n) is 4.89. The van der Waals surface area contributed by atoms with Crippen LogP contribution in [0.4, 0.5) is 5.69 Å². The zero-order valence-corrected chi connectivity index (χ0v) is 16.7. The second kappa shape index (κ2) is 6.27. The molecule has 4 aromatic rings. The summed E-state index contributed by atoms with van der Waals surface area (Å²) in [6.45, 7) is 7.82. The van der Waals surface area contributed by atoms with Gasteiger partial charge in [0, 0.05) is 40.3 Å². The summed E-state index contributed by atoms with van der Waals surface area (Å²) in [5, 5.41) is 1.32. The van der Waals surface area contributed by atoms with Crippen molar-refractivity contribution < 1.29 is 0 Å². The van der Waals surface area contributed by atoms with E-state index in [0.717, 1.165) is 6.54 Å². The van der Waals surface area contributed by atoms with Gasteiger partial charge in [0.05, 0.1) is 6.04 Å². The van der Waals surface area contributed by atoms with Crippen molar-refractivity contribution in [2.45, 2.75) is 38.8 Å². The summed E-state index contributed by atoms with van der Waals surface area (Å²) >= 11 is 0. The van der Waals surface area contributed by atoms with Gasteiger partial charge in [-0.1, -0.05) is 80.1 Å². The summed E-state index contributed by atoms with van der Waals surface area (Å²) in [5.41, 5.74) is 8.04. The highest BCUT2D eigenvalue weighted by Gasteiger charge is 2.45. The molecule has 140 valence electrons. The number of nitrogens with zero attached hydrogens (tertiary/aromatic N) is 1. The Morgan fingerprint density at radius 1 is 0.893 bits per heavy atom. The minimum atomic E-state index is 0.0201. The van der Waals surface area contributed by atoms with Crippen molar-refractivity contribution in [3.8, 4) is 0 Å². The number of nitrogens with one attached hydrogen (secondary N) is 1. The molecule has 1 atom stereocenters. The lowest BCUT2D eigenvalue weighted by molar-refractivity contribution is 0.428. The Labute approximate surface area is 166 Å². The van der Waals surface area contributed by atoms with Gasteiger partial charge in [0.15, 0.2) is 0 Å². The third kappa shape index (κ3) is 2.56. The predicted octanol–water partition coefficient (Wildman–Crippen LogP) is 6.52. The molecule has 2 heterocycles. The number of anilines is 1. The molecule has 0 amide bonds. The topological polar surface area (TPSA) is 19.0 Å². The van der Waals surface area contributed by atoms with Gasteiger partial charge in [-0.3, -0.25) is 0 Å². The Bertz CT molecular complexity index is 1130. The van der Waals surface area contributed by atoms with Gasteiger partial charge in [-0.15, -0.1) is 0 Å². The molecule has 0 saturated heterocycles. The molecule has 0 bridgehead atoms. The molecule has 1 aromatic heterocycles. The summed E-state index contributed by atoms with van der Waals surface area (Å²) in [7, 11) is 0.